The summed E-state index contributed by atoms with van der Waals surface area (Å²) in [5.41, 5.74) is 0. The zero-order valence-electron chi connectivity index (χ0n) is 9.17. The topological polar surface area (TPSA) is 32.3 Å². The molecule has 84 valence electrons. The van der Waals surface area contributed by atoms with E-state index in [-0.39, 0.29) is 0 Å². The normalized spacial score (nSPS) is 27.0. The van der Waals surface area contributed by atoms with Crippen LogP contribution in [-0.4, -0.2) is 35.3 Å². The third-order valence-electron chi connectivity index (χ3n) is 2.80. The second kappa shape index (κ2) is 7.55. The Morgan fingerprint density at radius 3 is 2.93 bits per heavy atom. The first-order chi connectivity index (χ1) is 6.86. The average Bonchev–Trinajstić information content (AvgIpc) is 2.61. The van der Waals surface area contributed by atoms with Gasteiger partial charge in [-0.15, -0.1) is 0 Å². The highest BCUT2D eigenvalue weighted by Crippen LogP contribution is 2.29. The van der Waals surface area contributed by atoms with Crippen molar-refractivity contribution in [3.8, 4) is 0 Å². The summed E-state index contributed by atoms with van der Waals surface area (Å²) in [5, 5.41) is 13.1. The Morgan fingerprint density at radius 2 is 2.21 bits per heavy atom. The molecule has 2 nitrogen and oxygen atoms in total. The number of unbranched alkanes of at least 4 members (excludes halogenated alkanes) is 1. The zero-order valence-corrected chi connectivity index (χ0v) is 9.98. The van der Waals surface area contributed by atoms with Crippen molar-refractivity contribution in [2.24, 2.45) is 0 Å². The van der Waals surface area contributed by atoms with Crippen LogP contribution in [0.4, 0.5) is 0 Å². The number of thioether (sulfide) groups is 1. The molecule has 2 atom stereocenters. The van der Waals surface area contributed by atoms with Gasteiger partial charge in [0.25, 0.3) is 0 Å². The van der Waals surface area contributed by atoms with Crippen LogP contribution in [0.1, 0.15) is 39.0 Å². The Morgan fingerprint density at radius 1 is 1.36 bits per heavy atom. The van der Waals surface area contributed by atoms with Crippen molar-refractivity contribution >= 4 is 11.8 Å². The molecule has 2 N–H and O–H groups in total. The van der Waals surface area contributed by atoms with E-state index in [1.807, 2.05) is 0 Å². The molecule has 1 saturated carbocycles. The summed E-state index contributed by atoms with van der Waals surface area (Å²) < 4.78 is 0. The molecule has 0 saturated heterocycles. The first kappa shape index (κ1) is 12.3. The maximum Gasteiger partial charge on any atom is 0.0431 e. The van der Waals surface area contributed by atoms with Gasteiger partial charge in [0.15, 0.2) is 0 Å². The minimum atomic E-state index is 0.334. The molecular formula is C11H23NOS. The van der Waals surface area contributed by atoms with Crippen LogP contribution in [0.25, 0.3) is 0 Å². The smallest absolute Gasteiger partial charge is 0.0431 e. The van der Waals surface area contributed by atoms with Crippen molar-refractivity contribution in [3.63, 3.8) is 0 Å². The molecule has 0 aromatic carbocycles. The number of aliphatic hydroxyl groups is 1. The van der Waals surface area contributed by atoms with Gasteiger partial charge in [-0.25, -0.2) is 0 Å². The summed E-state index contributed by atoms with van der Waals surface area (Å²) in [6, 6.07) is 0.748. The van der Waals surface area contributed by atoms with Crippen LogP contribution in [0.2, 0.25) is 0 Å². The highest BCUT2D eigenvalue weighted by Gasteiger charge is 2.23. The van der Waals surface area contributed by atoms with Crippen molar-refractivity contribution in [1.82, 2.24) is 5.32 Å². The molecule has 0 aliphatic heterocycles. The van der Waals surface area contributed by atoms with Crippen LogP contribution < -0.4 is 5.32 Å². The number of rotatable bonds is 7. The van der Waals surface area contributed by atoms with Gasteiger partial charge in [-0.3, -0.25) is 0 Å². The predicted octanol–water partition coefficient (Wildman–Crippen LogP) is 2.02. The summed E-state index contributed by atoms with van der Waals surface area (Å²) in [4.78, 5) is 0. The van der Waals surface area contributed by atoms with E-state index in [1.165, 1.54) is 25.0 Å². The average molecular weight is 217 g/mol. The monoisotopic (exact) mass is 217 g/mol. The van der Waals surface area contributed by atoms with Crippen molar-refractivity contribution in [3.05, 3.63) is 0 Å². The van der Waals surface area contributed by atoms with Gasteiger partial charge >= 0.3 is 0 Å². The molecule has 0 spiro atoms. The van der Waals surface area contributed by atoms with Crippen LogP contribution in [0.5, 0.6) is 0 Å². The molecule has 1 rings (SSSR count). The van der Waals surface area contributed by atoms with E-state index < -0.39 is 0 Å². The van der Waals surface area contributed by atoms with Gasteiger partial charge in [0, 0.05) is 17.9 Å². The maximum absolute atomic E-state index is 8.64. The number of nitrogens with one attached hydrogen (secondary N) is 1. The number of hydrogen-bond acceptors (Lipinski definition) is 3. The molecular weight excluding hydrogens is 194 g/mol. The summed E-state index contributed by atoms with van der Waals surface area (Å²) in [5.74, 6) is 1.25. The lowest BCUT2D eigenvalue weighted by Gasteiger charge is -2.12. The molecule has 0 heterocycles. The van der Waals surface area contributed by atoms with Crippen molar-refractivity contribution in [1.29, 1.82) is 0 Å². The van der Waals surface area contributed by atoms with E-state index in [0.29, 0.717) is 6.61 Å². The lowest BCUT2D eigenvalue weighted by atomic mass is 10.2. The number of aliphatic hydroxyl groups excluding tert-OH is 1. The van der Waals surface area contributed by atoms with Gasteiger partial charge in [0.1, 0.15) is 0 Å². The highest BCUT2D eigenvalue weighted by atomic mass is 32.2. The lowest BCUT2D eigenvalue weighted by molar-refractivity contribution is 0.282. The Labute approximate surface area is 91.9 Å². The van der Waals surface area contributed by atoms with E-state index in [0.717, 1.165) is 30.7 Å². The minimum absolute atomic E-state index is 0.334. The van der Waals surface area contributed by atoms with Crippen molar-refractivity contribution in [2.45, 2.75) is 50.3 Å². The van der Waals surface area contributed by atoms with E-state index in [2.05, 4.69) is 24.0 Å². The summed E-state index contributed by atoms with van der Waals surface area (Å²) in [6.07, 6.45) is 6.12. The quantitative estimate of drug-likeness (QED) is 0.640. The second-order valence-electron chi connectivity index (χ2n) is 3.97. The fraction of sp³-hybridized carbons (Fsp3) is 1.00. The molecule has 0 amide bonds. The third-order valence-corrected chi connectivity index (χ3v) is 4.04. The molecule has 1 aliphatic rings. The van der Waals surface area contributed by atoms with Gasteiger partial charge in [-0.05, 0) is 44.4 Å². The summed E-state index contributed by atoms with van der Waals surface area (Å²) in [7, 11) is 0. The fourth-order valence-corrected chi connectivity index (χ4v) is 3.20. The van der Waals surface area contributed by atoms with E-state index in [1.54, 1.807) is 0 Å². The predicted molar refractivity (Wildman–Crippen MR) is 63.9 cm³/mol. The molecule has 14 heavy (non-hydrogen) atoms. The molecule has 1 aliphatic carbocycles. The Bertz CT molecular complexity index is 143. The maximum atomic E-state index is 8.64. The Hall–Kier alpha value is 0.270. The third kappa shape index (κ3) is 4.67. The van der Waals surface area contributed by atoms with Crippen LogP contribution in [0.3, 0.4) is 0 Å². The molecule has 3 heteroatoms. The van der Waals surface area contributed by atoms with Crippen molar-refractivity contribution < 1.29 is 5.11 Å². The standard InChI is InChI=1S/C11H23NOS/c1-2-14-11-6-5-10(9-11)12-7-3-4-8-13/h10-13H,2-9H2,1H3. The largest absolute Gasteiger partial charge is 0.396 e. The SMILES string of the molecule is CCSC1CCC(NCCCCO)C1. The van der Waals surface area contributed by atoms with Gasteiger partial charge in [-0.2, -0.15) is 11.8 Å². The van der Waals surface area contributed by atoms with Gasteiger partial charge in [0.2, 0.25) is 0 Å². The molecule has 2 unspecified atom stereocenters. The zero-order chi connectivity index (χ0) is 10.2. The van der Waals surface area contributed by atoms with Gasteiger partial charge in [0.05, 0.1) is 0 Å². The Balaban J connectivity index is 1.98. The first-order valence-corrected chi connectivity index (χ1v) is 6.87. The van der Waals surface area contributed by atoms with E-state index >= 15 is 0 Å². The van der Waals surface area contributed by atoms with Crippen LogP contribution in [0, 0.1) is 0 Å². The molecule has 0 aromatic heterocycles. The minimum Gasteiger partial charge on any atom is -0.396 e. The molecule has 0 bridgehead atoms. The van der Waals surface area contributed by atoms with E-state index in [9.17, 15) is 0 Å². The summed E-state index contributed by atoms with van der Waals surface area (Å²) in [6.45, 7) is 3.65. The van der Waals surface area contributed by atoms with Gasteiger partial charge < -0.3 is 10.4 Å². The molecule has 0 aromatic rings. The van der Waals surface area contributed by atoms with Crippen LogP contribution in [-0.2, 0) is 0 Å². The lowest BCUT2D eigenvalue weighted by Crippen LogP contribution is -2.27. The van der Waals surface area contributed by atoms with Crippen LogP contribution >= 0.6 is 11.8 Å². The molecule has 1 fully saturated rings. The molecule has 0 radical (unpaired) electrons. The van der Waals surface area contributed by atoms with Crippen molar-refractivity contribution in [2.75, 3.05) is 18.9 Å². The highest BCUT2D eigenvalue weighted by molar-refractivity contribution is 7.99. The first-order valence-electron chi connectivity index (χ1n) is 5.82. The fourth-order valence-electron chi connectivity index (χ4n) is 2.06. The number of hydrogen-bond donors (Lipinski definition) is 2. The van der Waals surface area contributed by atoms with E-state index in [4.69, 9.17) is 5.11 Å². The van der Waals surface area contributed by atoms with Crippen LogP contribution in [0.15, 0.2) is 0 Å². The second-order valence-corrected chi connectivity index (χ2v) is 5.55. The summed E-state index contributed by atoms with van der Waals surface area (Å²) >= 11 is 2.11. The van der Waals surface area contributed by atoms with Gasteiger partial charge in [-0.1, -0.05) is 6.92 Å². The Kier molecular flexibility index (Phi) is 6.65.